The normalized spacial score (nSPS) is 25.9. The minimum atomic E-state index is -0.338. The highest BCUT2D eigenvalue weighted by Crippen LogP contribution is 2.47. The van der Waals surface area contributed by atoms with Crippen molar-refractivity contribution < 1.29 is 14.0 Å². The second-order valence-corrected chi connectivity index (χ2v) is 9.06. The van der Waals surface area contributed by atoms with Crippen molar-refractivity contribution in [3.8, 4) is 0 Å². The van der Waals surface area contributed by atoms with E-state index in [-0.39, 0.29) is 35.5 Å². The quantitative estimate of drug-likeness (QED) is 0.766. The van der Waals surface area contributed by atoms with Crippen molar-refractivity contribution in [3.63, 3.8) is 0 Å². The molecule has 1 saturated carbocycles. The molecule has 0 aromatic heterocycles. The summed E-state index contributed by atoms with van der Waals surface area (Å²) in [6.07, 6.45) is 3.15. The molecule has 5 rings (SSSR count). The van der Waals surface area contributed by atoms with E-state index in [2.05, 4.69) is 24.0 Å². The zero-order valence-electron chi connectivity index (χ0n) is 17.3. The maximum Gasteiger partial charge on any atom is 0.253 e. The van der Waals surface area contributed by atoms with Gasteiger partial charge in [0.05, 0.1) is 6.04 Å². The van der Waals surface area contributed by atoms with Crippen LogP contribution in [0.5, 0.6) is 0 Å². The average molecular weight is 407 g/mol. The van der Waals surface area contributed by atoms with E-state index in [9.17, 15) is 14.0 Å². The first-order chi connectivity index (χ1) is 14.5. The number of carbonyl (C=O) groups excluding carboxylic acids is 2. The Morgan fingerprint density at radius 1 is 0.967 bits per heavy atom. The minimum Gasteiger partial charge on any atom is -0.338 e. The summed E-state index contributed by atoms with van der Waals surface area (Å²) in [6, 6.07) is 14.1. The van der Waals surface area contributed by atoms with Crippen molar-refractivity contribution >= 4 is 11.8 Å². The molecule has 2 aromatic carbocycles. The average Bonchev–Trinajstić information content (AvgIpc) is 3.25. The Morgan fingerprint density at radius 3 is 2.37 bits per heavy atom. The molecule has 2 heterocycles. The summed E-state index contributed by atoms with van der Waals surface area (Å²) in [4.78, 5) is 30.2. The summed E-state index contributed by atoms with van der Waals surface area (Å²) >= 11 is 0. The van der Waals surface area contributed by atoms with Gasteiger partial charge in [-0.15, -0.1) is 0 Å². The van der Waals surface area contributed by atoms with Crippen molar-refractivity contribution in [1.29, 1.82) is 0 Å². The Morgan fingerprint density at radius 2 is 1.70 bits per heavy atom. The van der Waals surface area contributed by atoms with E-state index in [1.54, 1.807) is 12.1 Å². The second kappa shape index (κ2) is 7.53. The summed E-state index contributed by atoms with van der Waals surface area (Å²) in [5.41, 5.74) is 2.91. The largest absolute Gasteiger partial charge is 0.338 e. The van der Waals surface area contributed by atoms with Crippen molar-refractivity contribution in [1.82, 2.24) is 9.80 Å². The molecule has 156 valence electrons. The summed E-state index contributed by atoms with van der Waals surface area (Å²) in [5, 5.41) is 0. The number of hydrogen-bond acceptors (Lipinski definition) is 2. The molecule has 0 bridgehead atoms. The van der Waals surface area contributed by atoms with E-state index >= 15 is 0 Å². The second-order valence-electron chi connectivity index (χ2n) is 9.06. The Labute approximate surface area is 176 Å². The van der Waals surface area contributed by atoms with Crippen LogP contribution in [0.25, 0.3) is 0 Å². The molecule has 30 heavy (non-hydrogen) atoms. The first-order valence-corrected chi connectivity index (χ1v) is 10.9. The highest BCUT2D eigenvalue weighted by atomic mass is 19.1. The summed E-state index contributed by atoms with van der Waals surface area (Å²) in [5.74, 6) is 0.592. The number of halogens is 1. The summed E-state index contributed by atoms with van der Waals surface area (Å²) < 4.78 is 13.2. The van der Waals surface area contributed by atoms with Crippen molar-refractivity contribution in [2.45, 2.75) is 32.2 Å². The van der Waals surface area contributed by atoms with E-state index in [0.29, 0.717) is 31.1 Å². The van der Waals surface area contributed by atoms with Gasteiger partial charge in [-0.05, 0) is 55.2 Å². The SMILES string of the molecule is Cc1ccccc1[C@@H]1[C@H]2CN(C(=O)c3ccc(F)cc3)C[C@H]2CN1C(=O)C1CCC1. The standard InChI is InChI=1S/C25H27FN2O2/c1-16-5-2-3-8-21(16)23-22-15-27(24(29)18-9-11-20(26)12-10-18)13-19(22)14-28(23)25(30)17-6-4-7-17/h2-3,5,8-12,17,19,22-23H,4,6-7,13-15H2,1H3/t19-,22-,23+/m0/s1. The zero-order valence-corrected chi connectivity index (χ0v) is 17.3. The number of benzene rings is 2. The van der Waals surface area contributed by atoms with Gasteiger partial charge in [-0.2, -0.15) is 0 Å². The van der Waals surface area contributed by atoms with Gasteiger partial charge in [0.25, 0.3) is 5.91 Å². The fourth-order valence-electron chi connectivity index (χ4n) is 5.42. The predicted octanol–water partition coefficient (Wildman–Crippen LogP) is 4.21. The maximum atomic E-state index is 13.2. The lowest BCUT2D eigenvalue weighted by Gasteiger charge is -2.35. The first kappa shape index (κ1) is 19.3. The minimum absolute atomic E-state index is 0.0234. The number of nitrogens with zero attached hydrogens (tertiary/aromatic N) is 2. The molecular formula is C25H27FN2O2. The van der Waals surface area contributed by atoms with Gasteiger partial charge < -0.3 is 9.80 Å². The number of amides is 2. The third-order valence-electron chi connectivity index (χ3n) is 7.29. The molecule has 2 aromatic rings. The summed E-state index contributed by atoms with van der Waals surface area (Å²) in [6.45, 7) is 4.10. The number of carbonyl (C=O) groups is 2. The molecular weight excluding hydrogens is 379 g/mol. The number of hydrogen-bond donors (Lipinski definition) is 0. The Balaban J connectivity index is 1.42. The Hall–Kier alpha value is -2.69. The smallest absolute Gasteiger partial charge is 0.253 e. The van der Waals surface area contributed by atoms with E-state index in [0.717, 1.165) is 19.3 Å². The molecule has 4 nitrogen and oxygen atoms in total. The van der Waals surface area contributed by atoms with E-state index < -0.39 is 0 Å². The molecule has 3 fully saturated rings. The van der Waals surface area contributed by atoms with Gasteiger partial charge in [0.15, 0.2) is 0 Å². The molecule has 0 radical (unpaired) electrons. The van der Waals surface area contributed by atoms with E-state index in [1.165, 1.54) is 23.3 Å². The number of fused-ring (bicyclic) bond motifs is 1. The number of likely N-dealkylation sites (tertiary alicyclic amines) is 2. The van der Waals surface area contributed by atoms with Crippen molar-refractivity contribution in [2.75, 3.05) is 19.6 Å². The molecule has 2 saturated heterocycles. The van der Waals surface area contributed by atoms with Crippen LogP contribution in [0.4, 0.5) is 4.39 Å². The van der Waals surface area contributed by atoms with Crippen LogP contribution in [0, 0.1) is 30.5 Å². The van der Waals surface area contributed by atoms with Crippen molar-refractivity contribution in [3.05, 3.63) is 71.0 Å². The molecule has 3 atom stereocenters. The molecule has 2 aliphatic heterocycles. The monoisotopic (exact) mass is 406 g/mol. The highest BCUT2D eigenvalue weighted by Gasteiger charge is 2.51. The van der Waals surface area contributed by atoms with Crippen LogP contribution in [0.3, 0.4) is 0 Å². The van der Waals surface area contributed by atoms with Gasteiger partial charge in [-0.3, -0.25) is 9.59 Å². The van der Waals surface area contributed by atoms with Crippen molar-refractivity contribution in [2.24, 2.45) is 17.8 Å². The molecule has 3 aliphatic rings. The number of aryl methyl sites for hydroxylation is 1. The zero-order chi connectivity index (χ0) is 20.8. The van der Waals surface area contributed by atoms with Gasteiger partial charge in [-0.25, -0.2) is 4.39 Å². The number of rotatable bonds is 3. The lowest BCUT2D eigenvalue weighted by molar-refractivity contribution is -0.139. The van der Waals surface area contributed by atoms with Crippen LogP contribution in [0.2, 0.25) is 0 Å². The third kappa shape index (κ3) is 3.21. The lowest BCUT2D eigenvalue weighted by Crippen LogP contribution is -2.42. The van der Waals surface area contributed by atoms with Gasteiger partial charge in [0, 0.05) is 43.0 Å². The van der Waals surface area contributed by atoms with Crippen LogP contribution >= 0.6 is 0 Å². The van der Waals surface area contributed by atoms with Gasteiger partial charge in [0.1, 0.15) is 5.82 Å². The van der Waals surface area contributed by atoms with Crippen LogP contribution < -0.4 is 0 Å². The lowest BCUT2D eigenvalue weighted by atomic mass is 9.83. The van der Waals surface area contributed by atoms with Crippen LogP contribution in [0.1, 0.15) is 46.8 Å². The van der Waals surface area contributed by atoms with Gasteiger partial charge in [0.2, 0.25) is 5.91 Å². The fraction of sp³-hybridized carbons (Fsp3) is 0.440. The molecule has 5 heteroatoms. The summed E-state index contributed by atoms with van der Waals surface area (Å²) in [7, 11) is 0. The highest BCUT2D eigenvalue weighted by molar-refractivity contribution is 5.94. The van der Waals surface area contributed by atoms with Crippen LogP contribution in [-0.4, -0.2) is 41.2 Å². The molecule has 0 N–H and O–H groups in total. The van der Waals surface area contributed by atoms with E-state index in [4.69, 9.17) is 0 Å². The molecule has 0 unspecified atom stereocenters. The van der Waals surface area contributed by atoms with Gasteiger partial charge >= 0.3 is 0 Å². The molecule has 0 spiro atoms. The Bertz CT molecular complexity index is 969. The fourth-order valence-corrected chi connectivity index (χ4v) is 5.42. The topological polar surface area (TPSA) is 40.6 Å². The van der Waals surface area contributed by atoms with Gasteiger partial charge in [-0.1, -0.05) is 30.7 Å². The molecule has 1 aliphatic carbocycles. The van der Waals surface area contributed by atoms with E-state index in [1.807, 2.05) is 17.0 Å². The maximum absolute atomic E-state index is 13.2. The third-order valence-corrected chi connectivity index (χ3v) is 7.29. The Kier molecular flexibility index (Phi) is 4.84. The van der Waals surface area contributed by atoms with Crippen LogP contribution in [-0.2, 0) is 4.79 Å². The predicted molar refractivity (Wildman–Crippen MR) is 112 cm³/mol. The first-order valence-electron chi connectivity index (χ1n) is 10.9. The van der Waals surface area contributed by atoms with Crippen LogP contribution in [0.15, 0.2) is 48.5 Å². The molecule has 2 amide bonds.